The minimum atomic E-state index is 0.250. The molecule has 92 valence electrons. The average molecular weight is 236 g/mol. The third-order valence-electron chi connectivity index (χ3n) is 2.92. The first kappa shape index (κ1) is 11.7. The molecule has 6 nitrogen and oxygen atoms in total. The second kappa shape index (κ2) is 5.49. The molecule has 1 aromatic carbocycles. The lowest BCUT2D eigenvalue weighted by Gasteiger charge is -2.31. The van der Waals surface area contributed by atoms with Crippen LogP contribution in [-0.2, 0) is 6.54 Å². The van der Waals surface area contributed by atoms with Crippen LogP contribution in [-0.4, -0.2) is 46.3 Å². The van der Waals surface area contributed by atoms with Crippen molar-refractivity contribution in [3.63, 3.8) is 0 Å². The molecule has 6 heteroatoms. The fourth-order valence-electron chi connectivity index (χ4n) is 1.96. The van der Waals surface area contributed by atoms with Gasteiger partial charge in [0, 0.05) is 19.6 Å². The molecule has 1 saturated heterocycles. The van der Waals surface area contributed by atoms with Crippen LogP contribution in [0.25, 0.3) is 0 Å². The summed E-state index contributed by atoms with van der Waals surface area (Å²) >= 11 is 0. The summed E-state index contributed by atoms with van der Waals surface area (Å²) in [6.07, 6.45) is 0. The molecule has 0 bridgehead atoms. The van der Waals surface area contributed by atoms with Gasteiger partial charge in [0.1, 0.15) is 0 Å². The van der Waals surface area contributed by atoms with Crippen molar-refractivity contribution in [1.29, 1.82) is 0 Å². The molecule has 0 radical (unpaired) electrons. The lowest BCUT2D eigenvalue weighted by Crippen LogP contribution is -2.48. The first-order valence-corrected chi connectivity index (χ1v) is 5.63. The molecule has 1 aliphatic heterocycles. The largest absolute Gasteiger partial charge is 0.569 e. The molecule has 1 aromatic rings. The maximum atomic E-state index is 11.0. The van der Waals surface area contributed by atoms with Crippen LogP contribution in [0.5, 0.6) is 0 Å². The van der Waals surface area contributed by atoms with Gasteiger partial charge in [-0.25, -0.2) is 0 Å². The lowest BCUT2D eigenvalue weighted by molar-refractivity contribution is -0.711. The Morgan fingerprint density at radius 2 is 1.82 bits per heavy atom. The molecule has 0 amide bonds. The van der Waals surface area contributed by atoms with Gasteiger partial charge in [-0.15, -0.1) is 5.01 Å². The quantitative estimate of drug-likeness (QED) is 0.484. The highest BCUT2D eigenvalue weighted by molar-refractivity contribution is 5.14. The summed E-state index contributed by atoms with van der Waals surface area (Å²) in [6, 6.07) is 10.2. The third kappa shape index (κ3) is 3.07. The minimum Gasteiger partial charge on any atom is -0.569 e. The van der Waals surface area contributed by atoms with E-state index in [1.54, 1.807) is 0 Å². The third-order valence-corrected chi connectivity index (χ3v) is 2.92. The standard InChI is InChI=1S/C11H16N4O2/c16-12-15(17)14-8-6-13(7-9-14)10-11-4-2-1-3-5-11/h1-5,16H,6-10H2. The molecular formula is C11H16N4O2. The smallest absolute Gasteiger partial charge is 0.230 e. The zero-order valence-electron chi connectivity index (χ0n) is 9.57. The average Bonchev–Trinajstić information content (AvgIpc) is 2.40. The fourth-order valence-corrected chi connectivity index (χ4v) is 1.96. The number of hydrazine groups is 1. The van der Waals surface area contributed by atoms with Gasteiger partial charge in [0.25, 0.3) is 0 Å². The van der Waals surface area contributed by atoms with E-state index in [1.165, 1.54) is 10.6 Å². The molecule has 0 unspecified atom stereocenters. The molecule has 0 saturated carbocycles. The van der Waals surface area contributed by atoms with Crippen molar-refractivity contribution in [1.82, 2.24) is 9.91 Å². The van der Waals surface area contributed by atoms with Gasteiger partial charge in [-0.1, -0.05) is 30.3 Å². The Bertz CT molecular complexity index is 374. The topological polar surface area (TPSA) is 65.1 Å². The molecular weight excluding hydrogens is 220 g/mol. The zero-order chi connectivity index (χ0) is 12.1. The van der Waals surface area contributed by atoms with Crippen molar-refractivity contribution >= 4 is 0 Å². The summed E-state index contributed by atoms with van der Waals surface area (Å²) in [5.41, 5.74) is 1.27. The van der Waals surface area contributed by atoms with Crippen molar-refractivity contribution in [2.75, 3.05) is 26.2 Å². The summed E-state index contributed by atoms with van der Waals surface area (Å²) in [6.45, 7) is 3.65. The van der Waals surface area contributed by atoms with E-state index in [1.807, 2.05) is 18.2 Å². The maximum Gasteiger partial charge on any atom is 0.230 e. The van der Waals surface area contributed by atoms with E-state index in [0.717, 1.165) is 19.6 Å². The van der Waals surface area contributed by atoms with E-state index in [2.05, 4.69) is 22.3 Å². The lowest BCUT2D eigenvalue weighted by atomic mass is 10.2. The van der Waals surface area contributed by atoms with Crippen molar-refractivity contribution in [2.45, 2.75) is 6.54 Å². The minimum absolute atomic E-state index is 0.250. The van der Waals surface area contributed by atoms with E-state index < -0.39 is 0 Å². The first-order valence-electron chi connectivity index (χ1n) is 5.63. The maximum absolute atomic E-state index is 11.0. The Labute approximate surface area is 99.9 Å². The molecule has 2 rings (SSSR count). The number of piperazine rings is 1. The van der Waals surface area contributed by atoms with Crippen LogP contribution in [0.15, 0.2) is 35.6 Å². The van der Waals surface area contributed by atoms with Gasteiger partial charge in [-0.2, -0.15) is 0 Å². The van der Waals surface area contributed by atoms with E-state index in [-0.39, 0.29) is 4.97 Å². The van der Waals surface area contributed by atoms with Gasteiger partial charge < -0.3 is 10.4 Å². The van der Waals surface area contributed by atoms with Crippen molar-refractivity contribution in [3.05, 3.63) is 41.1 Å². The molecule has 0 atom stereocenters. The monoisotopic (exact) mass is 236 g/mol. The molecule has 0 aliphatic carbocycles. The molecule has 1 heterocycles. The molecule has 1 N–H and O–H groups in total. The SMILES string of the molecule is [O-][N+](=NO)N1CCN(Cc2ccccc2)CC1. The van der Waals surface area contributed by atoms with Crippen molar-refractivity contribution in [3.8, 4) is 0 Å². The normalized spacial score (nSPS) is 18.4. The summed E-state index contributed by atoms with van der Waals surface area (Å²) in [5.74, 6) is 0. The van der Waals surface area contributed by atoms with Crippen LogP contribution >= 0.6 is 0 Å². The summed E-state index contributed by atoms with van der Waals surface area (Å²) < 4.78 is 0. The highest BCUT2D eigenvalue weighted by atomic mass is 16.6. The highest BCUT2D eigenvalue weighted by Crippen LogP contribution is 2.08. The van der Waals surface area contributed by atoms with Gasteiger partial charge in [-0.3, -0.25) is 4.90 Å². The number of nitrogens with zero attached hydrogens (tertiary/aromatic N) is 4. The van der Waals surface area contributed by atoms with E-state index in [9.17, 15) is 5.21 Å². The molecule has 0 aromatic heterocycles. The van der Waals surface area contributed by atoms with E-state index in [4.69, 9.17) is 5.21 Å². The van der Waals surface area contributed by atoms with Crippen molar-refractivity contribution < 1.29 is 10.2 Å². The van der Waals surface area contributed by atoms with Crippen LogP contribution in [0.3, 0.4) is 0 Å². The van der Waals surface area contributed by atoms with Crippen molar-refractivity contribution in [2.24, 2.45) is 5.28 Å². The van der Waals surface area contributed by atoms with Crippen LogP contribution in [0.4, 0.5) is 0 Å². The Kier molecular flexibility index (Phi) is 3.77. The summed E-state index contributed by atoms with van der Waals surface area (Å²) in [7, 11) is 0. The van der Waals surface area contributed by atoms with Crippen LogP contribution in [0.2, 0.25) is 0 Å². The number of hydrogen-bond donors (Lipinski definition) is 1. The predicted octanol–water partition coefficient (Wildman–Crippen LogP) is 1.07. The number of rotatable bonds is 3. The Balaban J connectivity index is 1.84. The summed E-state index contributed by atoms with van der Waals surface area (Å²) in [5, 5.41) is 23.5. The van der Waals surface area contributed by atoms with Gasteiger partial charge in [0.15, 0.2) is 0 Å². The van der Waals surface area contributed by atoms with Crippen LogP contribution < -0.4 is 0 Å². The molecule has 17 heavy (non-hydrogen) atoms. The Morgan fingerprint density at radius 3 is 2.41 bits per heavy atom. The molecule has 0 spiro atoms. The highest BCUT2D eigenvalue weighted by Gasteiger charge is 2.21. The molecule has 1 aliphatic rings. The number of benzene rings is 1. The second-order valence-electron chi connectivity index (χ2n) is 4.06. The predicted molar refractivity (Wildman–Crippen MR) is 61.1 cm³/mol. The second-order valence-corrected chi connectivity index (χ2v) is 4.06. The fraction of sp³-hybridized carbons (Fsp3) is 0.455. The van der Waals surface area contributed by atoms with Gasteiger partial charge in [0.05, 0.1) is 18.1 Å². The Hall–Kier alpha value is -1.82. The first-order chi connectivity index (χ1) is 8.29. The zero-order valence-corrected chi connectivity index (χ0v) is 9.57. The van der Waals surface area contributed by atoms with Gasteiger partial charge in [0.2, 0.25) is 5.28 Å². The summed E-state index contributed by atoms with van der Waals surface area (Å²) in [4.78, 5) is 2.52. The van der Waals surface area contributed by atoms with Gasteiger partial charge >= 0.3 is 0 Å². The Morgan fingerprint density at radius 1 is 1.18 bits per heavy atom. The van der Waals surface area contributed by atoms with Crippen LogP contribution in [0, 0.1) is 5.21 Å². The molecule has 1 fully saturated rings. The van der Waals surface area contributed by atoms with E-state index >= 15 is 0 Å². The van der Waals surface area contributed by atoms with Gasteiger partial charge in [-0.05, 0) is 5.56 Å². The number of hydrogen-bond acceptors (Lipinski definition) is 3. The van der Waals surface area contributed by atoms with Crippen LogP contribution in [0.1, 0.15) is 5.56 Å². The van der Waals surface area contributed by atoms with E-state index in [0.29, 0.717) is 13.1 Å².